The third-order valence-electron chi connectivity index (χ3n) is 3.10. The molecule has 0 saturated carbocycles. The van der Waals surface area contributed by atoms with Crippen molar-refractivity contribution in [2.75, 3.05) is 18.0 Å². The fourth-order valence-electron chi connectivity index (χ4n) is 2.27. The standard InChI is InChI=1S/C14H22ClN3O/c1-9-7-18(8-10(2)19-9)12-6-11(15)16-13(17-12)14(3,4)5/h6,9-10H,7-8H2,1-5H3/t9-,10+. The van der Waals surface area contributed by atoms with Gasteiger partial charge in [-0.3, -0.25) is 0 Å². The van der Waals surface area contributed by atoms with Crippen LogP contribution in [0.15, 0.2) is 6.07 Å². The average Bonchev–Trinajstić information content (AvgIpc) is 2.25. The van der Waals surface area contributed by atoms with Gasteiger partial charge in [-0.2, -0.15) is 0 Å². The third kappa shape index (κ3) is 3.57. The molecule has 1 aliphatic heterocycles. The van der Waals surface area contributed by atoms with E-state index in [1.165, 1.54) is 0 Å². The average molecular weight is 284 g/mol. The molecule has 1 aliphatic rings. The Hall–Kier alpha value is -0.870. The van der Waals surface area contributed by atoms with Crippen LogP contribution < -0.4 is 4.90 Å². The first-order valence-electron chi connectivity index (χ1n) is 6.71. The van der Waals surface area contributed by atoms with Gasteiger partial charge in [-0.25, -0.2) is 9.97 Å². The van der Waals surface area contributed by atoms with E-state index < -0.39 is 0 Å². The summed E-state index contributed by atoms with van der Waals surface area (Å²) >= 11 is 6.14. The molecule has 0 aliphatic carbocycles. The number of morpholine rings is 1. The van der Waals surface area contributed by atoms with Crippen LogP contribution in [0.4, 0.5) is 5.82 Å². The van der Waals surface area contributed by atoms with Crippen LogP contribution in [0.5, 0.6) is 0 Å². The first-order chi connectivity index (χ1) is 8.75. The van der Waals surface area contributed by atoms with E-state index in [0.29, 0.717) is 5.15 Å². The number of halogens is 1. The summed E-state index contributed by atoms with van der Waals surface area (Å²) in [6.07, 6.45) is 0.408. The molecule has 0 unspecified atom stereocenters. The first-order valence-corrected chi connectivity index (χ1v) is 7.09. The van der Waals surface area contributed by atoms with E-state index in [-0.39, 0.29) is 17.6 Å². The van der Waals surface area contributed by atoms with E-state index in [4.69, 9.17) is 16.3 Å². The Kier molecular flexibility index (Phi) is 4.02. The molecule has 0 radical (unpaired) electrons. The lowest BCUT2D eigenvalue weighted by Gasteiger charge is -2.36. The fourth-order valence-corrected chi connectivity index (χ4v) is 2.45. The predicted octanol–water partition coefficient (Wildman–Crippen LogP) is 3.04. The molecule has 106 valence electrons. The van der Waals surface area contributed by atoms with Gasteiger partial charge in [0.1, 0.15) is 16.8 Å². The molecular weight excluding hydrogens is 262 g/mol. The summed E-state index contributed by atoms with van der Waals surface area (Å²) in [6.45, 7) is 12.1. The molecule has 1 aromatic heterocycles. The van der Waals surface area contributed by atoms with Crippen LogP contribution in [0.1, 0.15) is 40.4 Å². The van der Waals surface area contributed by atoms with Gasteiger partial charge >= 0.3 is 0 Å². The molecule has 2 atom stereocenters. The van der Waals surface area contributed by atoms with E-state index in [2.05, 4.69) is 49.5 Å². The molecule has 0 N–H and O–H groups in total. The molecule has 0 amide bonds. The van der Waals surface area contributed by atoms with Crippen LogP contribution >= 0.6 is 11.6 Å². The molecule has 0 aromatic carbocycles. The summed E-state index contributed by atoms with van der Waals surface area (Å²) in [6, 6.07) is 1.83. The number of hydrogen-bond acceptors (Lipinski definition) is 4. The molecule has 2 rings (SSSR count). The van der Waals surface area contributed by atoms with Crippen LogP contribution in [-0.2, 0) is 10.2 Å². The summed E-state index contributed by atoms with van der Waals surface area (Å²) in [5.41, 5.74) is -0.108. The minimum atomic E-state index is -0.108. The number of hydrogen-bond donors (Lipinski definition) is 0. The van der Waals surface area contributed by atoms with E-state index in [0.717, 1.165) is 24.7 Å². The number of anilines is 1. The number of ether oxygens (including phenoxy) is 1. The summed E-state index contributed by atoms with van der Waals surface area (Å²) in [7, 11) is 0. The Morgan fingerprint density at radius 3 is 2.32 bits per heavy atom. The van der Waals surface area contributed by atoms with Crippen LogP contribution in [0.2, 0.25) is 5.15 Å². The fraction of sp³-hybridized carbons (Fsp3) is 0.714. The zero-order valence-corrected chi connectivity index (χ0v) is 13.0. The van der Waals surface area contributed by atoms with Crippen molar-refractivity contribution in [3.8, 4) is 0 Å². The smallest absolute Gasteiger partial charge is 0.137 e. The van der Waals surface area contributed by atoms with Gasteiger partial charge in [0.2, 0.25) is 0 Å². The highest BCUT2D eigenvalue weighted by atomic mass is 35.5. The van der Waals surface area contributed by atoms with E-state index in [1.807, 2.05) is 6.07 Å². The van der Waals surface area contributed by atoms with Gasteiger partial charge in [-0.15, -0.1) is 0 Å². The second-order valence-corrected chi connectivity index (χ2v) is 6.67. The molecule has 1 aromatic rings. The van der Waals surface area contributed by atoms with Crippen molar-refractivity contribution in [1.29, 1.82) is 0 Å². The molecule has 19 heavy (non-hydrogen) atoms. The maximum atomic E-state index is 6.14. The number of nitrogens with zero attached hydrogens (tertiary/aromatic N) is 3. The summed E-state index contributed by atoms with van der Waals surface area (Å²) < 4.78 is 5.75. The third-order valence-corrected chi connectivity index (χ3v) is 3.29. The zero-order valence-electron chi connectivity index (χ0n) is 12.3. The van der Waals surface area contributed by atoms with Crippen molar-refractivity contribution in [2.45, 2.75) is 52.2 Å². The van der Waals surface area contributed by atoms with Crippen molar-refractivity contribution in [1.82, 2.24) is 9.97 Å². The van der Waals surface area contributed by atoms with Crippen molar-refractivity contribution < 1.29 is 4.74 Å². The second-order valence-electron chi connectivity index (χ2n) is 6.28. The Morgan fingerprint density at radius 2 is 1.79 bits per heavy atom. The minimum absolute atomic E-state index is 0.108. The summed E-state index contributed by atoms with van der Waals surface area (Å²) in [4.78, 5) is 11.2. The lowest BCUT2D eigenvalue weighted by molar-refractivity contribution is -0.00548. The van der Waals surface area contributed by atoms with Crippen LogP contribution in [0.3, 0.4) is 0 Å². The molecule has 4 nitrogen and oxygen atoms in total. The highest BCUT2D eigenvalue weighted by molar-refractivity contribution is 6.29. The normalized spacial score (nSPS) is 24.6. The molecule has 1 fully saturated rings. The Balaban J connectivity index is 2.31. The summed E-state index contributed by atoms with van der Waals surface area (Å²) in [5.74, 6) is 1.67. The SMILES string of the molecule is C[C@@H]1CN(c2cc(Cl)nc(C(C)(C)C)n2)C[C@H](C)O1. The molecule has 1 saturated heterocycles. The van der Waals surface area contributed by atoms with Gasteiger partial charge in [-0.05, 0) is 13.8 Å². The van der Waals surface area contributed by atoms with Crippen molar-refractivity contribution in [3.05, 3.63) is 17.0 Å². The van der Waals surface area contributed by atoms with Crippen molar-refractivity contribution in [2.24, 2.45) is 0 Å². The molecule has 0 bridgehead atoms. The maximum Gasteiger partial charge on any atom is 0.137 e. The van der Waals surface area contributed by atoms with Gasteiger partial charge in [0.05, 0.1) is 12.2 Å². The van der Waals surface area contributed by atoms with E-state index >= 15 is 0 Å². The highest BCUT2D eigenvalue weighted by Gasteiger charge is 2.25. The first kappa shape index (κ1) is 14.5. The summed E-state index contributed by atoms with van der Waals surface area (Å²) in [5, 5.41) is 0.502. The van der Waals surface area contributed by atoms with Crippen molar-refractivity contribution >= 4 is 17.4 Å². The zero-order chi connectivity index (χ0) is 14.2. The van der Waals surface area contributed by atoms with Gasteiger partial charge in [-0.1, -0.05) is 32.4 Å². The van der Waals surface area contributed by atoms with Gasteiger partial charge < -0.3 is 9.64 Å². The quantitative estimate of drug-likeness (QED) is 0.743. The van der Waals surface area contributed by atoms with Crippen molar-refractivity contribution in [3.63, 3.8) is 0 Å². The largest absolute Gasteiger partial charge is 0.372 e. The maximum absolute atomic E-state index is 6.14. The molecule has 5 heteroatoms. The van der Waals surface area contributed by atoms with Crippen LogP contribution in [0, 0.1) is 0 Å². The highest BCUT2D eigenvalue weighted by Crippen LogP contribution is 2.25. The van der Waals surface area contributed by atoms with Crippen LogP contribution in [0.25, 0.3) is 0 Å². The molecular formula is C14H22ClN3O. The topological polar surface area (TPSA) is 38.2 Å². The Labute approximate surface area is 120 Å². The minimum Gasteiger partial charge on any atom is -0.372 e. The lowest BCUT2D eigenvalue weighted by Crippen LogP contribution is -2.46. The van der Waals surface area contributed by atoms with Gasteiger partial charge in [0.15, 0.2) is 0 Å². The Bertz CT molecular complexity index is 448. The van der Waals surface area contributed by atoms with Gasteiger partial charge in [0.25, 0.3) is 0 Å². The molecule has 2 heterocycles. The van der Waals surface area contributed by atoms with Gasteiger partial charge in [0, 0.05) is 24.6 Å². The number of rotatable bonds is 1. The van der Waals surface area contributed by atoms with E-state index in [1.54, 1.807) is 0 Å². The predicted molar refractivity (Wildman–Crippen MR) is 78.0 cm³/mol. The second kappa shape index (κ2) is 5.25. The number of aromatic nitrogens is 2. The monoisotopic (exact) mass is 283 g/mol. The van der Waals surface area contributed by atoms with Crippen LogP contribution in [-0.4, -0.2) is 35.3 Å². The lowest BCUT2D eigenvalue weighted by atomic mass is 9.96. The van der Waals surface area contributed by atoms with E-state index in [9.17, 15) is 0 Å². The molecule has 0 spiro atoms. The Morgan fingerprint density at radius 1 is 1.21 bits per heavy atom.